The summed E-state index contributed by atoms with van der Waals surface area (Å²) in [5, 5.41) is 11.1. The highest BCUT2D eigenvalue weighted by Crippen LogP contribution is 2.51. The van der Waals surface area contributed by atoms with Crippen LogP contribution in [-0.2, 0) is 4.74 Å². The van der Waals surface area contributed by atoms with Crippen LogP contribution in [0.1, 0.15) is 36.5 Å². The topological polar surface area (TPSA) is 78.5 Å². The number of rotatable bonds is 3. The zero-order valence-electron chi connectivity index (χ0n) is 13.9. The van der Waals surface area contributed by atoms with Gasteiger partial charge in [0.1, 0.15) is 5.65 Å². The van der Waals surface area contributed by atoms with Crippen molar-refractivity contribution in [3.05, 3.63) is 30.1 Å². The molecule has 24 heavy (non-hydrogen) atoms. The molecule has 1 spiro atoms. The van der Waals surface area contributed by atoms with E-state index in [0.717, 1.165) is 30.3 Å². The number of nitrogens with one attached hydrogen (secondary N) is 1. The van der Waals surface area contributed by atoms with Crippen LogP contribution in [0.5, 0.6) is 0 Å². The Labute approximate surface area is 140 Å². The van der Waals surface area contributed by atoms with Crippen molar-refractivity contribution in [2.75, 3.05) is 19.7 Å². The van der Waals surface area contributed by atoms with Gasteiger partial charge < -0.3 is 19.7 Å². The lowest BCUT2D eigenvalue weighted by molar-refractivity contribution is -0.207. The summed E-state index contributed by atoms with van der Waals surface area (Å²) in [6.45, 7) is 3.98. The van der Waals surface area contributed by atoms with Crippen LogP contribution in [0, 0.1) is 5.41 Å². The highest BCUT2D eigenvalue weighted by molar-refractivity contribution is 6.05. The van der Waals surface area contributed by atoms with Gasteiger partial charge in [0, 0.05) is 49.3 Å². The van der Waals surface area contributed by atoms with Crippen LogP contribution in [0.15, 0.2) is 24.5 Å². The van der Waals surface area contributed by atoms with Crippen LogP contribution in [0.25, 0.3) is 11.0 Å². The van der Waals surface area contributed by atoms with E-state index < -0.39 is 0 Å². The summed E-state index contributed by atoms with van der Waals surface area (Å²) in [4.78, 5) is 22.0. The molecule has 0 radical (unpaired) electrons. The molecule has 1 amide bonds. The lowest BCUT2D eigenvalue weighted by atomic mass is 9.58. The normalized spacial score (nSPS) is 25.8. The lowest BCUT2D eigenvalue weighted by Crippen LogP contribution is -2.62. The molecule has 6 heteroatoms. The maximum Gasteiger partial charge on any atom is 0.256 e. The number of hydrogen-bond acceptors (Lipinski definition) is 4. The Morgan fingerprint density at radius 1 is 1.50 bits per heavy atom. The Balaban J connectivity index is 1.49. The van der Waals surface area contributed by atoms with Crippen LogP contribution >= 0.6 is 0 Å². The second kappa shape index (κ2) is 5.86. The number of carbonyl (C=O) groups excluding carboxylic acids is 1. The smallest absolute Gasteiger partial charge is 0.256 e. The molecule has 1 aliphatic carbocycles. The third-order valence-corrected chi connectivity index (χ3v) is 5.77. The molecular formula is C18H23N3O3. The van der Waals surface area contributed by atoms with Crippen molar-refractivity contribution in [2.24, 2.45) is 5.41 Å². The first-order valence-electron chi connectivity index (χ1n) is 8.67. The maximum absolute atomic E-state index is 12.9. The zero-order valence-corrected chi connectivity index (χ0v) is 13.9. The molecule has 1 aliphatic heterocycles. The molecule has 2 N–H and O–H groups in total. The molecule has 2 aliphatic rings. The monoisotopic (exact) mass is 329 g/mol. The Morgan fingerprint density at radius 2 is 2.29 bits per heavy atom. The van der Waals surface area contributed by atoms with E-state index in [-0.39, 0.29) is 23.5 Å². The van der Waals surface area contributed by atoms with Gasteiger partial charge in [-0.2, -0.15) is 0 Å². The SMILES string of the molecule is CCO[C@@H]1C[C@H](O)C12CCN(C(=O)c1c[nH]c3ncccc13)CC2. The number of aliphatic hydroxyl groups excluding tert-OH is 1. The molecule has 1 saturated heterocycles. The summed E-state index contributed by atoms with van der Waals surface area (Å²) in [6, 6.07) is 3.76. The summed E-state index contributed by atoms with van der Waals surface area (Å²) < 4.78 is 5.79. The van der Waals surface area contributed by atoms with Crippen molar-refractivity contribution in [2.45, 2.75) is 38.4 Å². The fourth-order valence-electron chi connectivity index (χ4n) is 4.25. The first kappa shape index (κ1) is 15.6. The van der Waals surface area contributed by atoms with Crippen LogP contribution < -0.4 is 0 Å². The molecule has 2 aromatic heterocycles. The number of likely N-dealkylation sites (tertiary alicyclic amines) is 1. The maximum atomic E-state index is 12.9. The number of ether oxygens (including phenoxy) is 1. The van der Waals surface area contributed by atoms with E-state index in [9.17, 15) is 9.90 Å². The third-order valence-electron chi connectivity index (χ3n) is 5.77. The van der Waals surface area contributed by atoms with Gasteiger partial charge >= 0.3 is 0 Å². The summed E-state index contributed by atoms with van der Waals surface area (Å²) >= 11 is 0. The van der Waals surface area contributed by atoms with Crippen LogP contribution in [-0.4, -0.2) is 57.8 Å². The van der Waals surface area contributed by atoms with Crippen molar-refractivity contribution in [3.63, 3.8) is 0 Å². The molecule has 2 atom stereocenters. The van der Waals surface area contributed by atoms with Gasteiger partial charge in [0.15, 0.2) is 0 Å². The van der Waals surface area contributed by atoms with E-state index in [1.165, 1.54) is 0 Å². The number of hydrogen-bond donors (Lipinski definition) is 2. The van der Waals surface area contributed by atoms with Crippen LogP contribution in [0.3, 0.4) is 0 Å². The quantitative estimate of drug-likeness (QED) is 0.902. The molecule has 4 rings (SSSR count). The first-order valence-corrected chi connectivity index (χ1v) is 8.67. The molecule has 0 aromatic carbocycles. The largest absolute Gasteiger partial charge is 0.392 e. The minimum atomic E-state index is -0.302. The van der Waals surface area contributed by atoms with Gasteiger partial charge in [-0.15, -0.1) is 0 Å². The standard InChI is InChI=1S/C18H23N3O3/c1-2-24-15-10-14(22)18(15)5-8-21(9-6-18)17(23)13-11-20-16-12(13)4-3-7-19-16/h3-4,7,11,14-15,22H,2,5-6,8-10H2,1H3,(H,19,20)/t14-,15+/m0/s1. The van der Waals surface area contributed by atoms with Crippen molar-refractivity contribution in [1.29, 1.82) is 0 Å². The molecule has 2 aromatic rings. The van der Waals surface area contributed by atoms with Crippen molar-refractivity contribution in [1.82, 2.24) is 14.9 Å². The number of carbonyl (C=O) groups is 1. The molecule has 0 unspecified atom stereocenters. The average Bonchev–Trinajstić information content (AvgIpc) is 3.05. The number of aromatic nitrogens is 2. The fraction of sp³-hybridized carbons (Fsp3) is 0.556. The van der Waals surface area contributed by atoms with Gasteiger partial charge in [0.05, 0.1) is 17.8 Å². The van der Waals surface area contributed by atoms with Gasteiger partial charge in [0.25, 0.3) is 5.91 Å². The molecule has 128 valence electrons. The summed E-state index contributed by atoms with van der Waals surface area (Å²) in [5.74, 6) is 0.0332. The lowest BCUT2D eigenvalue weighted by Gasteiger charge is -2.56. The number of piperidine rings is 1. The first-order chi connectivity index (χ1) is 11.7. The molecule has 1 saturated carbocycles. The number of aliphatic hydroxyl groups is 1. The van der Waals surface area contributed by atoms with E-state index >= 15 is 0 Å². The van der Waals surface area contributed by atoms with Crippen LogP contribution in [0.4, 0.5) is 0 Å². The highest BCUT2D eigenvalue weighted by Gasteiger charge is 2.56. The van der Waals surface area contributed by atoms with Crippen molar-refractivity contribution in [3.8, 4) is 0 Å². The Morgan fingerprint density at radius 3 is 3.00 bits per heavy atom. The predicted molar refractivity (Wildman–Crippen MR) is 89.7 cm³/mol. The molecule has 0 bridgehead atoms. The van der Waals surface area contributed by atoms with E-state index in [1.54, 1.807) is 12.4 Å². The van der Waals surface area contributed by atoms with E-state index in [0.29, 0.717) is 25.3 Å². The second-order valence-electron chi connectivity index (χ2n) is 6.82. The molecule has 6 nitrogen and oxygen atoms in total. The van der Waals surface area contributed by atoms with Gasteiger partial charge in [-0.05, 0) is 31.9 Å². The van der Waals surface area contributed by atoms with E-state index in [2.05, 4.69) is 9.97 Å². The van der Waals surface area contributed by atoms with Crippen LogP contribution in [0.2, 0.25) is 0 Å². The Bertz CT molecular complexity index is 747. The Kier molecular flexibility index (Phi) is 3.81. The second-order valence-corrected chi connectivity index (χ2v) is 6.82. The number of fused-ring (bicyclic) bond motifs is 1. The summed E-state index contributed by atoms with van der Waals surface area (Å²) in [6.07, 6.45) is 5.59. The molecule has 3 heterocycles. The predicted octanol–water partition coefficient (Wildman–Crippen LogP) is 1.95. The van der Waals surface area contributed by atoms with E-state index in [1.807, 2.05) is 24.0 Å². The zero-order chi connectivity index (χ0) is 16.7. The molecular weight excluding hydrogens is 306 g/mol. The number of H-pyrrole nitrogens is 1. The minimum absolute atomic E-state index is 0.0332. The average molecular weight is 329 g/mol. The van der Waals surface area contributed by atoms with E-state index in [4.69, 9.17) is 4.74 Å². The number of aromatic amines is 1. The van der Waals surface area contributed by atoms with Gasteiger partial charge in [-0.25, -0.2) is 4.98 Å². The van der Waals surface area contributed by atoms with Gasteiger partial charge in [-0.1, -0.05) is 0 Å². The van der Waals surface area contributed by atoms with Crippen molar-refractivity contribution < 1.29 is 14.6 Å². The van der Waals surface area contributed by atoms with Gasteiger partial charge in [-0.3, -0.25) is 4.79 Å². The summed E-state index contributed by atoms with van der Waals surface area (Å²) in [7, 11) is 0. The Hall–Kier alpha value is -1.92. The summed E-state index contributed by atoms with van der Waals surface area (Å²) in [5.41, 5.74) is 1.25. The minimum Gasteiger partial charge on any atom is -0.392 e. The van der Waals surface area contributed by atoms with Gasteiger partial charge in [0.2, 0.25) is 0 Å². The number of nitrogens with zero attached hydrogens (tertiary/aromatic N) is 2. The third kappa shape index (κ3) is 2.24. The highest BCUT2D eigenvalue weighted by atomic mass is 16.5. The van der Waals surface area contributed by atoms with Crippen molar-refractivity contribution >= 4 is 16.9 Å². The number of amides is 1. The number of pyridine rings is 1. The molecule has 2 fully saturated rings. The fourth-order valence-corrected chi connectivity index (χ4v) is 4.25.